The van der Waals surface area contributed by atoms with Gasteiger partial charge in [-0.1, -0.05) is 11.6 Å². The molecule has 98 valence electrons. The second kappa shape index (κ2) is 6.04. The van der Waals surface area contributed by atoms with Crippen LogP contribution in [0.4, 0.5) is 11.4 Å². The Morgan fingerprint density at radius 1 is 1.50 bits per heavy atom. The molecule has 6 heteroatoms. The van der Waals surface area contributed by atoms with Crippen LogP contribution in [0, 0.1) is 0 Å². The largest absolute Gasteiger partial charge is 0.397 e. The molecule has 0 spiro atoms. The van der Waals surface area contributed by atoms with Gasteiger partial charge in [-0.3, -0.25) is 9.63 Å². The predicted molar refractivity (Wildman–Crippen MR) is 71.3 cm³/mol. The number of hydrogen-bond acceptors (Lipinski definition) is 4. The maximum absolute atomic E-state index is 11.8. The molecule has 3 N–H and O–H groups in total. The van der Waals surface area contributed by atoms with Crippen LogP contribution in [-0.2, 0) is 9.63 Å². The molecule has 0 atom stereocenters. The maximum Gasteiger partial charge on any atom is 0.240 e. The van der Waals surface area contributed by atoms with E-state index in [1.165, 1.54) is 0 Å². The molecule has 0 saturated carbocycles. The fourth-order valence-electron chi connectivity index (χ4n) is 1.76. The molecule has 18 heavy (non-hydrogen) atoms. The molecule has 0 aromatic heterocycles. The molecule has 0 radical (unpaired) electrons. The van der Waals surface area contributed by atoms with E-state index in [0.29, 0.717) is 23.0 Å². The highest BCUT2D eigenvalue weighted by molar-refractivity contribution is 6.33. The molecule has 1 aromatic rings. The van der Waals surface area contributed by atoms with Crippen LogP contribution in [0.3, 0.4) is 0 Å². The van der Waals surface area contributed by atoms with Crippen LogP contribution in [0.1, 0.15) is 12.8 Å². The minimum absolute atomic E-state index is 0.126. The number of anilines is 2. The molecule has 2 rings (SSSR count). The molecule has 0 aliphatic carbocycles. The molecule has 1 heterocycles. The Hall–Kier alpha value is -1.30. The third-order valence-electron chi connectivity index (χ3n) is 2.68. The summed E-state index contributed by atoms with van der Waals surface area (Å²) >= 11 is 5.81. The second-order valence-electron chi connectivity index (χ2n) is 4.19. The number of hydrogen-bond donors (Lipinski definition) is 2. The molecule has 1 fully saturated rings. The molecule has 1 saturated heterocycles. The van der Waals surface area contributed by atoms with Crippen molar-refractivity contribution >= 4 is 28.9 Å². The maximum atomic E-state index is 11.8. The minimum atomic E-state index is -0.126. The number of nitrogens with two attached hydrogens (primary N) is 1. The van der Waals surface area contributed by atoms with Gasteiger partial charge in [-0.05, 0) is 31.0 Å². The van der Waals surface area contributed by atoms with Crippen molar-refractivity contribution < 1.29 is 9.63 Å². The third-order valence-corrected chi connectivity index (χ3v) is 3.02. The van der Waals surface area contributed by atoms with E-state index >= 15 is 0 Å². The Labute approximate surface area is 111 Å². The zero-order valence-electron chi connectivity index (χ0n) is 9.99. The van der Waals surface area contributed by atoms with Crippen molar-refractivity contribution in [1.82, 2.24) is 5.06 Å². The fraction of sp³-hybridized carbons (Fsp3) is 0.417. The fourth-order valence-corrected chi connectivity index (χ4v) is 1.87. The number of nitrogens with one attached hydrogen (secondary N) is 1. The highest BCUT2D eigenvalue weighted by Crippen LogP contribution is 2.22. The number of halogens is 1. The molecule has 1 aliphatic rings. The predicted octanol–water partition coefficient (Wildman–Crippen LogP) is 1.89. The first kappa shape index (κ1) is 13.1. The molecular formula is C12H16ClN3O2. The van der Waals surface area contributed by atoms with Gasteiger partial charge in [-0.25, -0.2) is 0 Å². The van der Waals surface area contributed by atoms with E-state index in [1.54, 1.807) is 23.3 Å². The van der Waals surface area contributed by atoms with Crippen molar-refractivity contribution in [3.8, 4) is 0 Å². The van der Waals surface area contributed by atoms with Crippen LogP contribution in [0.25, 0.3) is 0 Å². The highest BCUT2D eigenvalue weighted by Gasteiger charge is 2.14. The lowest BCUT2D eigenvalue weighted by molar-refractivity contribution is -0.182. The number of nitrogen functional groups attached to an aromatic ring is 1. The Kier molecular flexibility index (Phi) is 4.41. The summed E-state index contributed by atoms with van der Waals surface area (Å²) in [7, 11) is 0. The SMILES string of the molecule is Nc1cc(NC(=O)CN2CCCCO2)ccc1Cl. The van der Waals surface area contributed by atoms with Crippen LogP contribution < -0.4 is 11.1 Å². The van der Waals surface area contributed by atoms with Crippen LogP contribution in [-0.4, -0.2) is 30.7 Å². The Morgan fingerprint density at radius 2 is 2.33 bits per heavy atom. The summed E-state index contributed by atoms with van der Waals surface area (Å²) in [5.74, 6) is -0.126. The van der Waals surface area contributed by atoms with Crippen LogP contribution in [0.5, 0.6) is 0 Å². The molecule has 1 amide bonds. The summed E-state index contributed by atoms with van der Waals surface area (Å²) in [6.45, 7) is 1.69. The highest BCUT2D eigenvalue weighted by atomic mass is 35.5. The smallest absolute Gasteiger partial charge is 0.240 e. The van der Waals surface area contributed by atoms with E-state index in [9.17, 15) is 4.79 Å². The summed E-state index contributed by atoms with van der Waals surface area (Å²) in [6, 6.07) is 5.01. The number of carbonyl (C=O) groups excluding carboxylic acids is 1. The van der Waals surface area contributed by atoms with Gasteiger partial charge in [0.2, 0.25) is 5.91 Å². The van der Waals surface area contributed by atoms with Crippen molar-refractivity contribution in [1.29, 1.82) is 0 Å². The van der Waals surface area contributed by atoms with Gasteiger partial charge < -0.3 is 11.1 Å². The monoisotopic (exact) mass is 269 g/mol. The van der Waals surface area contributed by atoms with Crippen LogP contribution in [0.2, 0.25) is 5.02 Å². The van der Waals surface area contributed by atoms with Gasteiger partial charge in [0.05, 0.1) is 17.3 Å². The average Bonchev–Trinajstić information content (AvgIpc) is 2.35. The van der Waals surface area contributed by atoms with Crippen molar-refractivity contribution in [2.75, 3.05) is 30.7 Å². The van der Waals surface area contributed by atoms with Gasteiger partial charge in [0.15, 0.2) is 0 Å². The standard InChI is InChI=1S/C12H16ClN3O2/c13-10-4-3-9(7-11(10)14)15-12(17)8-16-5-1-2-6-18-16/h3-4,7H,1-2,5-6,8,14H2,(H,15,17). The summed E-state index contributed by atoms with van der Waals surface area (Å²) < 4.78 is 0. The molecule has 1 aromatic carbocycles. The number of amides is 1. The lowest BCUT2D eigenvalue weighted by Crippen LogP contribution is -2.36. The van der Waals surface area contributed by atoms with Crippen molar-refractivity contribution in [2.45, 2.75) is 12.8 Å². The van der Waals surface area contributed by atoms with Gasteiger partial charge in [0.1, 0.15) is 6.54 Å². The van der Waals surface area contributed by atoms with Gasteiger partial charge in [0, 0.05) is 12.2 Å². The van der Waals surface area contributed by atoms with E-state index in [2.05, 4.69) is 5.32 Å². The van der Waals surface area contributed by atoms with E-state index in [1.807, 2.05) is 0 Å². The van der Waals surface area contributed by atoms with Gasteiger partial charge in [0.25, 0.3) is 0 Å². The molecule has 5 nitrogen and oxygen atoms in total. The summed E-state index contributed by atoms with van der Waals surface area (Å²) in [5.41, 5.74) is 6.75. The van der Waals surface area contributed by atoms with Gasteiger partial charge in [-0.15, -0.1) is 0 Å². The van der Waals surface area contributed by atoms with Crippen LogP contribution in [0.15, 0.2) is 18.2 Å². The molecule has 0 unspecified atom stereocenters. The first-order valence-electron chi connectivity index (χ1n) is 5.88. The first-order chi connectivity index (χ1) is 8.65. The van der Waals surface area contributed by atoms with E-state index in [-0.39, 0.29) is 12.5 Å². The lowest BCUT2D eigenvalue weighted by Gasteiger charge is -2.25. The number of carbonyl (C=O) groups is 1. The molecule has 0 bridgehead atoms. The topological polar surface area (TPSA) is 67.6 Å². The number of nitrogens with zero attached hydrogens (tertiary/aromatic N) is 1. The van der Waals surface area contributed by atoms with E-state index in [0.717, 1.165) is 19.4 Å². The second-order valence-corrected chi connectivity index (χ2v) is 4.60. The number of benzene rings is 1. The first-order valence-corrected chi connectivity index (χ1v) is 6.26. The van der Waals surface area contributed by atoms with Crippen molar-refractivity contribution in [3.05, 3.63) is 23.2 Å². The zero-order chi connectivity index (χ0) is 13.0. The van der Waals surface area contributed by atoms with Crippen LogP contribution >= 0.6 is 11.6 Å². The third kappa shape index (κ3) is 3.60. The number of rotatable bonds is 3. The van der Waals surface area contributed by atoms with E-state index < -0.39 is 0 Å². The van der Waals surface area contributed by atoms with Gasteiger partial charge >= 0.3 is 0 Å². The summed E-state index contributed by atoms with van der Waals surface area (Å²) in [4.78, 5) is 17.1. The molecular weight excluding hydrogens is 254 g/mol. The average molecular weight is 270 g/mol. The number of hydroxylamine groups is 2. The Morgan fingerprint density at radius 3 is 3.00 bits per heavy atom. The van der Waals surface area contributed by atoms with E-state index in [4.69, 9.17) is 22.2 Å². The zero-order valence-corrected chi connectivity index (χ0v) is 10.7. The van der Waals surface area contributed by atoms with Crippen molar-refractivity contribution in [2.24, 2.45) is 0 Å². The molecule has 1 aliphatic heterocycles. The minimum Gasteiger partial charge on any atom is -0.397 e. The Bertz CT molecular complexity index is 433. The quantitative estimate of drug-likeness (QED) is 0.823. The lowest BCUT2D eigenvalue weighted by atomic mass is 10.2. The Balaban J connectivity index is 1.88. The normalized spacial score (nSPS) is 16.5. The summed E-state index contributed by atoms with van der Waals surface area (Å²) in [6.07, 6.45) is 2.10. The van der Waals surface area contributed by atoms with Gasteiger partial charge in [-0.2, -0.15) is 5.06 Å². The summed E-state index contributed by atoms with van der Waals surface area (Å²) in [5, 5.41) is 4.92. The van der Waals surface area contributed by atoms with Crippen molar-refractivity contribution in [3.63, 3.8) is 0 Å².